The van der Waals surface area contributed by atoms with Crippen LogP contribution in [0, 0.1) is 0 Å². The van der Waals surface area contributed by atoms with Gasteiger partial charge in [-0.2, -0.15) is 0 Å². The van der Waals surface area contributed by atoms with Crippen molar-refractivity contribution in [3.63, 3.8) is 0 Å². The number of anilines is 1. The fourth-order valence-electron chi connectivity index (χ4n) is 2.66. The van der Waals surface area contributed by atoms with E-state index in [2.05, 4.69) is 16.8 Å². The Morgan fingerprint density at radius 2 is 1.74 bits per heavy atom. The normalized spacial score (nSPS) is 22.2. The van der Waals surface area contributed by atoms with Crippen molar-refractivity contribution in [2.24, 2.45) is 0 Å². The Morgan fingerprint density at radius 3 is 2.47 bits per heavy atom. The lowest BCUT2D eigenvalue weighted by molar-refractivity contribution is -0.112. The third-order valence-electron chi connectivity index (χ3n) is 3.94. The predicted molar refractivity (Wildman–Crippen MR) is 76.9 cm³/mol. The molecule has 0 saturated carbocycles. The molecule has 0 aliphatic carbocycles. The van der Waals surface area contributed by atoms with Crippen LogP contribution < -0.4 is 4.90 Å². The second-order valence-electron chi connectivity index (χ2n) is 5.26. The SMILES string of the molecule is CN1CCN(/C=C2\C(=O)N(C)c3ccccc32)CC1. The number of para-hydroxylation sites is 1. The highest BCUT2D eigenvalue weighted by molar-refractivity contribution is 6.32. The molecule has 3 rings (SSSR count). The zero-order valence-corrected chi connectivity index (χ0v) is 11.5. The maximum atomic E-state index is 12.3. The molecule has 2 heterocycles. The topological polar surface area (TPSA) is 26.8 Å². The van der Waals surface area contributed by atoms with E-state index in [4.69, 9.17) is 0 Å². The number of rotatable bonds is 1. The Hall–Kier alpha value is -1.81. The summed E-state index contributed by atoms with van der Waals surface area (Å²) in [7, 11) is 3.97. The van der Waals surface area contributed by atoms with Gasteiger partial charge in [-0.05, 0) is 13.1 Å². The number of nitrogens with zero attached hydrogens (tertiary/aromatic N) is 3. The van der Waals surface area contributed by atoms with Gasteiger partial charge in [0.15, 0.2) is 0 Å². The maximum Gasteiger partial charge on any atom is 0.260 e. The minimum atomic E-state index is 0.0973. The van der Waals surface area contributed by atoms with E-state index in [1.54, 1.807) is 4.90 Å². The molecule has 0 atom stereocenters. The summed E-state index contributed by atoms with van der Waals surface area (Å²) in [4.78, 5) is 18.6. The van der Waals surface area contributed by atoms with E-state index >= 15 is 0 Å². The van der Waals surface area contributed by atoms with E-state index in [9.17, 15) is 4.79 Å². The first kappa shape index (κ1) is 12.2. The molecule has 1 aromatic rings. The van der Waals surface area contributed by atoms with Gasteiger partial charge in [-0.1, -0.05) is 18.2 Å². The lowest BCUT2D eigenvalue weighted by Crippen LogP contribution is -2.42. The zero-order chi connectivity index (χ0) is 13.4. The second kappa shape index (κ2) is 4.70. The first-order valence-electron chi connectivity index (χ1n) is 6.68. The lowest BCUT2D eigenvalue weighted by atomic mass is 10.1. The van der Waals surface area contributed by atoms with Crippen LogP contribution in [0.4, 0.5) is 5.69 Å². The molecule has 1 amide bonds. The molecule has 19 heavy (non-hydrogen) atoms. The predicted octanol–water partition coefficient (Wildman–Crippen LogP) is 1.25. The van der Waals surface area contributed by atoms with Gasteiger partial charge in [0.1, 0.15) is 0 Å². The molecular weight excluding hydrogens is 238 g/mol. The van der Waals surface area contributed by atoms with Crippen LogP contribution in [0.15, 0.2) is 30.5 Å². The van der Waals surface area contributed by atoms with Gasteiger partial charge in [-0.25, -0.2) is 0 Å². The first-order valence-corrected chi connectivity index (χ1v) is 6.68. The molecule has 0 radical (unpaired) electrons. The number of amides is 1. The van der Waals surface area contributed by atoms with Gasteiger partial charge < -0.3 is 14.7 Å². The average Bonchev–Trinajstić information content (AvgIpc) is 2.67. The van der Waals surface area contributed by atoms with Crippen LogP contribution in [-0.4, -0.2) is 56.0 Å². The Morgan fingerprint density at radius 1 is 1.05 bits per heavy atom. The first-order chi connectivity index (χ1) is 9.16. The molecule has 1 saturated heterocycles. The number of fused-ring (bicyclic) bond motifs is 1. The van der Waals surface area contributed by atoms with Crippen molar-refractivity contribution in [3.8, 4) is 0 Å². The van der Waals surface area contributed by atoms with Crippen LogP contribution in [0.1, 0.15) is 5.56 Å². The van der Waals surface area contributed by atoms with E-state index in [-0.39, 0.29) is 5.91 Å². The summed E-state index contributed by atoms with van der Waals surface area (Å²) in [6.07, 6.45) is 2.04. The van der Waals surface area contributed by atoms with E-state index in [0.717, 1.165) is 43.0 Å². The van der Waals surface area contributed by atoms with Crippen LogP contribution >= 0.6 is 0 Å². The minimum Gasteiger partial charge on any atom is -0.374 e. The molecule has 0 spiro atoms. The second-order valence-corrected chi connectivity index (χ2v) is 5.26. The van der Waals surface area contributed by atoms with Crippen molar-refractivity contribution in [1.82, 2.24) is 9.80 Å². The molecule has 2 aliphatic rings. The molecule has 2 aliphatic heterocycles. The van der Waals surface area contributed by atoms with Crippen molar-refractivity contribution in [1.29, 1.82) is 0 Å². The molecule has 4 heteroatoms. The van der Waals surface area contributed by atoms with Crippen molar-refractivity contribution in [2.75, 3.05) is 45.2 Å². The number of piperazine rings is 1. The highest BCUT2D eigenvalue weighted by Gasteiger charge is 2.29. The maximum absolute atomic E-state index is 12.3. The van der Waals surface area contributed by atoms with Gasteiger partial charge in [0.05, 0.1) is 11.3 Å². The molecule has 4 nitrogen and oxygen atoms in total. The van der Waals surface area contributed by atoms with Crippen LogP contribution in [0.25, 0.3) is 5.57 Å². The van der Waals surface area contributed by atoms with Crippen molar-refractivity contribution in [2.45, 2.75) is 0 Å². The number of likely N-dealkylation sites (N-methyl/N-ethyl adjacent to an activating group) is 2. The Bertz CT molecular complexity index is 530. The quantitative estimate of drug-likeness (QED) is 0.709. The number of carbonyl (C=O) groups excluding carboxylic acids is 1. The summed E-state index contributed by atoms with van der Waals surface area (Å²) in [5.74, 6) is 0.0973. The van der Waals surface area contributed by atoms with Gasteiger partial charge in [0.2, 0.25) is 0 Å². The molecule has 0 bridgehead atoms. The monoisotopic (exact) mass is 257 g/mol. The van der Waals surface area contributed by atoms with Crippen LogP contribution in [0.3, 0.4) is 0 Å². The molecule has 0 N–H and O–H groups in total. The summed E-state index contributed by atoms with van der Waals surface area (Å²) in [6, 6.07) is 7.99. The van der Waals surface area contributed by atoms with Crippen molar-refractivity contribution in [3.05, 3.63) is 36.0 Å². The Labute approximate surface area is 113 Å². The molecule has 0 aromatic heterocycles. The summed E-state index contributed by atoms with van der Waals surface area (Å²) < 4.78 is 0. The highest BCUT2D eigenvalue weighted by atomic mass is 16.2. The molecule has 1 fully saturated rings. The van der Waals surface area contributed by atoms with Gasteiger partial charge in [0.25, 0.3) is 5.91 Å². The van der Waals surface area contributed by atoms with Gasteiger partial charge in [-0.3, -0.25) is 4.79 Å². The summed E-state index contributed by atoms with van der Waals surface area (Å²) in [5.41, 5.74) is 2.88. The summed E-state index contributed by atoms with van der Waals surface area (Å²) >= 11 is 0. The molecule has 0 unspecified atom stereocenters. The fourth-order valence-corrected chi connectivity index (χ4v) is 2.66. The van der Waals surface area contributed by atoms with Gasteiger partial charge in [0, 0.05) is 45.0 Å². The standard InChI is InChI=1S/C15H19N3O/c1-16-7-9-18(10-8-16)11-13-12-5-3-4-6-14(12)17(2)15(13)19/h3-6,11H,7-10H2,1-2H3/b13-11-. The lowest BCUT2D eigenvalue weighted by Gasteiger charge is -2.31. The Balaban J connectivity index is 1.90. The van der Waals surface area contributed by atoms with E-state index in [0.29, 0.717) is 0 Å². The largest absolute Gasteiger partial charge is 0.374 e. The average molecular weight is 257 g/mol. The number of hydrogen-bond donors (Lipinski definition) is 0. The number of carbonyl (C=O) groups is 1. The molecule has 1 aromatic carbocycles. The molecule has 100 valence electrons. The number of hydrogen-bond acceptors (Lipinski definition) is 3. The van der Waals surface area contributed by atoms with Crippen LogP contribution in [0.2, 0.25) is 0 Å². The fraction of sp³-hybridized carbons (Fsp3) is 0.400. The Kier molecular flexibility index (Phi) is 3.03. The van der Waals surface area contributed by atoms with Crippen LogP contribution in [-0.2, 0) is 4.79 Å². The van der Waals surface area contributed by atoms with Crippen molar-refractivity contribution >= 4 is 17.2 Å². The molecular formula is C15H19N3O. The third kappa shape index (κ3) is 2.12. The minimum absolute atomic E-state index is 0.0973. The van der Waals surface area contributed by atoms with Gasteiger partial charge >= 0.3 is 0 Å². The summed E-state index contributed by atoms with van der Waals surface area (Å²) in [6.45, 7) is 4.07. The van der Waals surface area contributed by atoms with E-state index in [1.807, 2.05) is 37.5 Å². The van der Waals surface area contributed by atoms with Crippen molar-refractivity contribution < 1.29 is 4.79 Å². The van der Waals surface area contributed by atoms with Gasteiger partial charge in [-0.15, -0.1) is 0 Å². The zero-order valence-electron chi connectivity index (χ0n) is 11.5. The van der Waals surface area contributed by atoms with E-state index in [1.165, 1.54) is 0 Å². The third-order valence-corrected chi connectivity index (χ3v) is 3.94. The highest BCUT2D eigenvalue weighted by Crippen LogP contribution is 2.35. The smallest absolute Gasteiger partial charge is 0.260 e. The van der Waals surface area contributed by atoms with Crippen LogP contribution in [0.5, 0.6) is 0 Å². The summed E-state index contributed by atoms with van der Waals surface area (Å²) in [5, 5.41) is 0. The van der Waals surface area contributed by atoms with E-state index < -0.39 is 0 Å². The number of benzene rings is 1.